The summed E-state index contributed by atoms with van der Waals surface area (Å²) in [7, 11) is 0. The van der Waals surface area contributed by atoms with Crippen molar-refractivity contribution in [2.24, 2.45) is 0 Å². The first-order valence-corrected chi connectivity index (χ1v) is 8.64. The summed E-state index contributed by atoms with van der Waals surface area (Å²) in [5.74, 6) is -0.267. The highest BCUT2D eigenvalue weighted by atomic mass is 127. The van der Waals surface area contributed by atoms with E-state index >= 15 is 0 Å². The van der Waals surface area contributed by atoms with Crippen LogP contribution >= 0.6 is 22.6 Å². The van der Waals surface area contributed by atoms with Crippen LogP contribution in [-0.4, -0.2) is 39.5 Å². The summed E-state index contributed by atoms with van der Waals surface area (Å²) < 4.78 is 21.5. The first kappa shape index (κ1) is 16.5. The summed E-state index contributed by atoms with van der Waals surface area (Å²) in [4.78, 5) is 13.9. The summed E-state index contributed by atoms with van der Waals surface area (Å²) in [6.45, 7) is 6.76. The molecule has 1 aromatic carbocycles. The number of hydrogen-bond donors (Lipinski definition) is 0. The lowest BCUT2D eigenvalue weighted by atomic mass is 10.2. The molecule has 2 aromatic rings. The highest BCUT2D eigenvalue weighted by molar-refractivity contribution is 14.1. The molecule has 0 saturated carbocycles. The summed E-state index contributed by atoms with van der Waals surface area (Å²) >= 11 is 2.11. The van der Waals surface area contributed by atoms with Crippen molar-refractivity contribution >= 4 is 39.6 Å². The zero-order valence-corrected chi connectivity index (χ0v) is 15.5. The third kappa shape index (κ3) is 3.44. The number of carbonyl (C=O) groups is 1. The van der Waals surface area contributed by atoms with E-state index in [4.69, 9.17) is 4.74 Å². The first-order chi connectivity index (χ1) is 10.7. The second-order valence-electron chi connectivity index (χ2n) is 6.77. The Morgan fingerprint density at radius 2 is 2.17 bits per heavy atom. The van der Waals surface area contributed by atoms with Crippen LogP contribution in [0, 0.1) is 9.52 Å². The molecule has 2 heterocycles. The third-order valence-corrected chi connectivity index (χ3v) is 4.58. The fourth-order valence-corrected chi connectivity index (χ4v) is 3.45. The molecule has 0 spiro atoms. The lowest BCUT2D eigenvalue weighted by Crippen LogP contribution is -2.35. The largest absolute Gasteiger partial charge is 0.444 e. The van der Waals surface area contributed by atoms with E-state index in [1.54, 1.807) is 11.0 Å². The number of halogens is 2. The maximum absolute atomic E-state index is 13.4. The molecule has 0 radical (unpaired) electrons. The van der Waals surface area contributed by atoms with Crippen LogP contribution in [-0.2, 0) is 4.74 Å². The quantitative estimate of drug-likeness (QED) is 0.643. The van der Waals surface area contributed by atoms with Gasteiger partial charge in [0, 0.05) is 18.5 Å². The van der Waals surface area contributed by atoms with E-state index in [1.807, 2.05) is 25.5 Å². The van der Waals surface area contributed by atoms with Crippen LogP contribution in [0.3, 0.4) is 0 Å². The van der Waals surface area contributed by atoms with E-state index in [1.165, 1.54) is 12.1 Å². The predicted octanol–water partition coefficient (Wildman–Crippen LogP) is 3.96. The molecule has 1 aliphatic rings. The molecule has 1 amide bonds. The van der Waals surface area contributed by atoms with E-state index in [-0.39, 0.29) is 18.0 Å². The first-order valence-electron chi connectivity index (χ1n) is 7.56. The smallest absolute Gasteiger partial charge is 0.410 e. The standard InChI is InChI=1S/C16H19FIN3O2/c1-16(2,3)23-15(22)20-7-6-11(9-20)21-13-5-4-10(17)8-12(13)14(18)19-21/h4-5,8,11H,6-7,9H2,1-3H3/t11-/m1/s1. The zero-order valence-electron chi connectivity index (χ0n) is 13.3. The Hall–Kier alpha value is -1.38. The monoisotopic (exact) mass is 431 g/mol. The van der Waals surface area contributed by atoms with Crippen molar-refractivity contribution in [2.45, 2.75) is 38.8 Å². The maximum atomic E-state index is 13.4. The van der Waals surface area contributed by atoms with E-state index in [2.05, 4.69) is 27.7 Å². The summed E-state index contributed by atoms with van der Waals surface area (Å²) in [5.41, 5.74) is 0.396. The van der Waals surface area contributed by atoms with Gasteiger partial charge in [0.2, 0.25) is 0 Å². The number of likely N-dealkylation sites (tertiary alicyclic amines) is 1. The van der Waals surface area contributed by atoms with Gasteiger partial charge in [0.15, 0.2) is 0 Å². The SMILES string of the molecule is CC(C)(C)OC(=O)N1CC[C@@H](n2nc(I)c3cc(F)ccc32)C1. The summed E-state index contributed by atoms with van der Waals surface area (Å²) in [6.07, 6.45) is 0.515. The van der Waals surface area contributed by atoms with Gasteiger partial charge in [-0.3, -0.25) is 4.68 Å². The normalized spacial score (nSPS) is 18.7. The molecule has 1 aliphatic heterocycles. The van der Waals surface area contributed by atoms with Crippen molar-refractivity contribution in [1.29, 1.82) is 0 Å². The molecule has 124 valence electrons. The molecule has 1 atom stereocenters. The summed E-state index contributed by atoms with van der Waals surface area (Å²) in [5, 5.41) is 5.35. The molecule has 5 nitrogen and oxygen atoms in total. The molecule has 1 fully saturated rings. The van der Waals surface area contributed by atoms with Gasteiger partial charge in [-0.05, 0) is 68.0 Å². The van der Waals surface area contributed by atoms with Crippen LogP contribution in [0.25, 0.3) is 10.9 Å². The Morgan fingerprint density at radius 1 is 1.43 bits per heavy atom. The van der Waals surface area contributed by atoms with Crippen molar-refractivity contribution in [2.75, 3.05) is 13.1 Å². The van der Waals surface area contributed by atoms with Crippen molar-refractivity contribution in [1.82, 2.24) is 14.7 Å². The number of hydrogen-bond acceptors (Lipinski definition) is 3. The van der Waals surface area contributed by atoms with E-state index in [0.29, 0.717) is 13.1 Å². The van der Waals surface area contributed by atoms with Crippen molar-refractivity contribution in [3.05, 3.63) is 27.7 Å². The number of fused-ring (bicyclic) bond motifs is 1. The van der Waals surface area contributed by atoms with Gasteiger partial charge in [-0.25, -0.2) is 9.18 Å². The molecule has 23 heavy (non-hydrogen) atoms. The van der Waals surface area contributed by atoms with Gasteiger partial charge < -0.3 is 9.64 Å². The number of benzene rings is 1. The third-order valence-electron chi connectivity index (χ3n) is 3.78. The predicted molar refractivity (Wildman–Crippen MR) is 93.9 cm³/mol. The average molecular weight is 431 g/mol. The molecular formula is C16H19FIN3O2. The molecule has 0 N–H and O–H groups in total. The van der Waals surface area contributed by atoms with Gasteiger partial charge in [-0.1, -0.05) is 0 Å². The lowest BCUT2D eigenvalue weighted by molar-refractivity contribution is 0.0288. The van der Waals surface area contributed by atoms with Crippen LogP contribution in [0.1, 0.15) is 33.2 Å². The number of amides is 1. The van der Waals surface area contributed by atoms with Crippen LogP contribution < -0.4 is 0 Å². The van der Waals surface area contributed by atoms with Gasteiger partial charge in [-0.2, -0.15) is 5.10 Å². The Bertz CT molecular complexity index is 754. The van der Waals surface area contributed by atoms with Crippen molar-refractivity contribution < 1.29 is 13.9 Å². The maximum Gasteiger partial charge on any atom is 0.410 e. The molecule has 1 aromatic heterocycles. The highest BCUT2D eigenvalue weighted by Gasteiger charge is 2.32. The van der Waals surface area contributed by atoms with Gasteiger partial charge in [-0.15, -0.1) is 0 Å². The molecule has 0 aliphatic carbocycles. The number of ether oxygens (including phenoxy) is 1. The topological polar surface area (TPSA) is 47.4 Å². The van der Waals surface area contributed by atoms with E-state index < -0.39 is 5.60 Å². The van der Waals surface area contributed by atoms with Crippen LogP contribution in [0.15, 0.2) is 18.2 Å². The Morgan fingerprint density at radius 3 is 2.87 bits per heavy atom. The van der Waals surface area contributed by atoms with Gasteiger partial charge in [0.25, 0.3) is 0 Å². The molecule has 1 saturated heterocycles. The zero-order chi connectivity index (χ0) is 16.8. The molecule has 7 heteroatoms. The Kier molecular flexibility index (Phi) is 4.24. The van der Waals surface area contributed by atoms with Crippen LogP contribution in [0.2, 0.25) is 0 Å². The van der Waals surface area contributed by atoms with E-state index in [9.17, 15) is 9.18 Å². The number of aromatic nitrogens is 2. The van der Waals surface area contributed by atoms with Gasteiger partial charge >= 0.3 is 6.09 Å². The highest BCUT2D eigenvalue weighted by Crippen LogP contribution is 2.29. The average Bonchev–Trinajstić information content (AvgIpc) is 3.02. The van der Waals surface area contributed by atoms with E-state index in [0.717, 1.165) is 21.0 Å². The number of nitrogens with zero attached hydrogens (tertiary/aromatic N) is 3. The Labute approximate surface area is 147 Å². The fourth-order valence-electron chi connectivity index (χ4n) is 2.79. The number of rotatable bonds is 1. The number of carbonyl (C=O) groups excluding carboxylic acids is 1. The lowest BCUT2D eigenvalue weighted by Gasteiger charge is -2.24. The van der Waals surface area contributed by atoms with Gasteiger partial charge in [0.05, 0.1) is 11.6 Å². The molecule has 0 bridgehead atoms. The summed E-state index contributed by atoms with van der Waals surface area (Å²) in [6, 6.07) is 4.77. The fraction of sp³-hybridized carbons (Fsp3) is 0.500. The molecule has 0 unspecified atom stereocenters. The van der Waals surface area contributed by atoms with Crippen molar-refractivity contribution in [3.8, 4) is 0 Å². The minimum absolute atomic E-state index is 0.0824. The minimum Gasteiger partial charge on any atom is -0.444 e. The van der Waals surface area contributed by atoms with Crippen molar-refractivity contribution in [3.63, 3.8) is 0 Å². The van der Waals surface area contributed by atoms with Gasteiger partial charge in [0.1, 0.15) is 15.1 Å². The molecular weight excluding hydrogens is 412 g/mol. The second kappa shape index (κ2) is 5.92. The van der Waals surface area contributed by atoms with Crippen LogP contribution in [0.4, 0.5) is 9.18 Å². The molecule has 3 rings (SSSR count). The minimum atomic E-state index is -0.500. The van der Waals surface area contributed by atoms with Crippen LogP contribution in [0.5, 0.6) is 0 Å². The Balaban J connectivity index is 1.81. The second-order valence-corrected chi connectivity index (χ2v) is 7.79.